The number of rotatable bonds is 4. The molecular formula is C11H13F3N2O. The third-order valence-corrected chi connectivity index (χ3v) is 2.36. The van der Waals surface area contributed by atoms with Crippen LogP contribution >= 0.6 is 0 Å². The number of benzene rings is 1. The van der Waals surface area contributed by atoms with Gasteiger partial charge in [-0.2, -0.15) is 0 Å². The summed E-state index contributed by atoms with van der Waals surface area (Å²) >= 11 is 0. The number of nitrogens with two attached hydrogens (primary N) is 1. The molecule has 1 unspecified atom stereocenters. The second kappa shape index (κ2) is 5.67. The summed E-state index contributed by atoms with van der Waals surface area (Å²) in [5.74, 6) is -5.06. The maximum Gasteiger partial charge on any atom is 0.251 e. The third kappa shape index (κ3) is 3.20. The molecule has 0 aliphatic heterocycles. The minimum absolute atomic E-state index is 0.217. The molecule has 0 aliphatic carbocycles. The molecule has 0 heterocycles. The number of carbonyl (C=O) groups is 1. The number of hydrogen-bond donors (Lipinski definition) is 2. The first-order valence-corrected chi connectivity index (χ1v) is 5.15. The van der Waals surface area contributed by atoms with Gasteiger partial charge in [0.2, 0.25) is 0 Å². The van der Waals surface area contributed by atoms with Crippen molar-refractivity contribution in [1.29, 1.82) is 0 Å². The molecule has 0 aromatic heterocycles. The largest absolute Gasteiger partial charge is 0.348 e. The van der Waals surface area contributed by atoms with Crippen LogP contribution in [-0.4, -0.2) is 18.5 Å². The summed E-state index contributed by atoms with van der Waals surface area (Å²) in [6.45, 7) is 2.03. The van der Waals surface area contributed by atoms with Crippen molar-refractivity contribution >= 4 is 5.91 Å². The van der Waals surface area contributed by atoms with Crippen molar-refractivity contribution in [2.45, 2.75) is 19.4 Å². The first-order valence-electron chi connectivity index (χ1n) is 5.15. The van der Waals surface area contributed by atoms with Crippen molar-refractivity contribution in [2.75, 3.05) is 6.54 Å². The van der Waals surface area contributed by atoms with E-state index in [1.165, 1.54) is 0 Å². The number of carbonyl (C=O) groups excluding carboxylic acids is 1. The van der Waals surface area contributed by atoms with Gasteiger partial charge < -0.3 is 11.1 Å². The first-order chi connectivity index (χ1) is 7.99. The molecule has 1 rings (SSSR count). The van der Waals surface area contributed by atoms with E-state index in [1.54, 1.807) is 0 Å². The molecule has 0 bridgehead atoms. The van der Waals surface area contributed by atoms with Gasteiger partial charge in [-0.3, -0.25) is 4.79 Å². The lowest BCUT2D eigenvalue weighted by molar-refractivity contribution is 0.0936. The predicted molar refractivity (Wildman–Crippen MR) is 56.9 cm³/mol. The van der Waals surface area contributed by atoms with Crippen molar-refractivity contribution in [3.8, 4) is 0 Å². The van der Waals surface area contributed by atoms with E-state index < -0.39 is 23.4 Å². The number of amides is 1. The van der Waals surface area contributed by atoms with E-state index in [4.69, 9.17) is 5.73 Å². The summed E-state index contributed by atoms with van der Waals surface area (Å²) in [4.78, 5) is 11.6. The SMILES string of the molecule is CCC(CN)NC(=O)c1cc(F)c(F)c(F)c1. The Balaban J connectivity index is 2.90. The van der Waals surface area contributed by atoms with E-state index in [9.17, 15) is 18.0 Å². The molecule has 0 fully saturated rings. The molecule has 0 saturated carbocycles. The van der Waals surface area contributed by atoms with Crippen LogP contribution in [0.5, 0.6) is 0 Å². The van der Waals surface area contributed by atoms with Crippen molar-refractivity contribution in [3.63, 3.8) is 0 Å². The fraction of sp³-hybridized carbons (Fsp3) is 0.364. The summed E-state index contributed by atoms with van der Waals surface area (Å²) in [7, 11) is 0. The van der Waals surface area contributed by atoms with Crippen LogP contribution in [0.3, 0.4) is 0 Å². The molecule has 94 valence electrons. The summed E-state index contributed by atoms with van der Waals surface area (Å²) < 4.78 is 38.4. The Kier molecular flexibility index (Phi) is 4.51. The molecule has 0 radical (unpaired) electrons. The van der Waals surface area contributed by atoms with Crippen LogP contribution in [0.2, 0.25) is 0 Å². The summed E-state index contributed by atoms with van der Waals surface area (Å²) in [5.41, 5.74) is 5.10. The Hall–Kier alpha value is -1.56. The molecule has 1 atom stereocenters. The van der Waals surface area contributed by atoms with Gasteiger partial charge in [0, 0.05) is 18.2 Å². The number of nitrogens with one attached hydrogen (secondary N) is 1. The maximum atomic E-state index is 12.9. The molecule has 17 heavy (non-hydrogen) atoms. The van der Waals surface area contributed by atoms with Gasteiger partial charge in [0.1, 0.15) is 0 Å². The zero-order valence-corrected chi connectivity index (χ0v) is 9.27. The Morgan fingerprint density at radius 3 is 2.29 bits per heavy atom. The van der Waals surface area contributed by atoms with E-state index in [1.807, 2.05) is 6.92 Å². The molecule has 0 spiro atoms. The van der Waals surface area contributed by atoms with E-state index in [2.05, 4.69) is 5.32 Å². The van der Waals surface area contributed by atoms with Gasteiger partial charge in [-0.05, 0) is 18.6 Å². The highest BCUT2D eigenvalue weighted by atomic mass is 19.2. The van der Waals surface area contributed by atoms with Gasteiger partial charge in [0.15, 0.2) is 17.5 Å². The molecule has 6 heteroatoms. The Morgan fingerprint density at radius 1 is 1.35 bits per heavy atom. The standard InChI is InChI=1S/C11H13F3N2O/c1-2-7(5-15)16-11(17)6-3-8(12)10(14)9(13)4-6/h3-4,7H,2,5,15H2,1H3,(H,16,17). The van der Waals surface area contributed by atoms with Crippen LogP contribution in [0.25, 0.3) is 0 Å². The second-order valence-electron chi connectivity index (χ2n) is 3.57. The quantitative estimate of drug-likeness (QED) is 0.792. The average molecular weight is 246 g/mol. The van der Waals surface area contributed by atoms with Crippen LogP contribution in [0.1, 0.15) is 23.7 Å². The Bertz CT molecular complexity index is 396. The lowest BCUT2D eigenvalue weighted by Crippen LogP contribution is -2.39. The minimum atomic E-state index is -1.59. The maximum absolute atomic E-state index is 12.9. The molecular weight excluding hydrogens is 233 g/mol. The highest BCUT2D eigenvalue weighted by Crippen LogP contribution is 2.13. The van der Waals surface area contributed by atoms with Crippen LogP contribution in [0.4, 0.5) is 13.2 Å². The molecule has 3 nitrogen and oxygen atoms in total. The Labute approximate surface area is 96.8 Å². The lowest BCUT2D eigenvalue weighted by atomic mass is 10.1. The van der Waals surface area contributed by atoms with Gasteiger partial charge in [-0.1, -0.05) is 6.92 Å². The molecule has 3 N–H and O–H groups in total. The van der Waals surface area contributed by atoms with Crippen molar-refractivity contribution in [1.82, 2.24) is 5.32 Å². The van der Waals surface area contributed by atoms with Crippen LogP contribution in [0, 0.1) is 17.5 Å². The number of hydrogen-bond acceptors (Lipinski definition) is 2. The smallest absolute Gasteiger partial charge is 0.251 e. The van der Waals surface area contributed by atoms with Gasteiger partial charge in [0.05, 0.1) is 0 Å². The van der Waals surface area contributed by atoms with Gasteiger partial charge in [-0.25, -0.2) is 13.2 Å². The minimum Gasteiger partial charge on any atom is -0.348 e. The van der Waals surface area contributed by atoms with Crippen LogP contribution < -0.4 is 11.1 Å². The second-order valence-corrected chi connectivity index (χ2v) is 3.57. The fourth-order valence-corrected chi connectivity index (χ4v) is 1.28. The number of halogens is 3. The van der Waals surface area contributed by atoms with Crippen molar-refractivity contribution < 1.29 is 18.0 Å². The van der Waals surface area contributed by atoms with Gasteiger partial charge in [-0.15, -0.1) is 0 Å². The van der Waals surface area contributed by atoms with Crippen LogP contribution in [0.15, 0.2) is 12.1 Å². The third-order valence-electron chi connectivity index (χ3n) is 2.36. The zero-order valence-electron chi connectivity index (χ0n) is 9.27. The molecule has 0 aliphatic rings. The van der Waals surface area contributed by atoms with E-state index >= 15 is 0 Å². The zero-order chi connectivity index (χ0) is 13.0. The summed E-state index contributed by atoms with van der Waals surface area (Å²) in [5, 5.41) is 2.49. The highest BCUT2D eigenvalue weighted by molar-refractivity contribution is 5.94. The van der Waals surface area contributed by atoms with Crippen molar-refractivity contribution in [3.05, 3.63) is 35.1 Å². The highest BCUT2D eigenvalue weighted by Gasteiger charge is 2.16. The fourth-order valence-electron chi connectivity index (χ4n) is 1.28. The average Bonchev–Trinajstić information content (AvgIpc) is 2.31. The van der Waals surface area contributed by atoms with Crippen LogP contribution in [-0.2, 0) is 0 Å². The lowest BCUT2D eigenvalue weighted by Gasteiger charge is -2.14. The summed E-state index contributed by atoms with van der Waals surface area (Å²) in [6, 6.07) is 1.02. The Morgan fingerprint density at radius 2 is 1.88 bits per heavy atom. The monoisotopic (exact) mass is 246 g/mol. The predicted octanol–water partition coefficient (Wildman–Crippen LogP) is 1.57. The topological polar surface area (TPSA) is 55.1 Å². The van der Waals surface area contributed by atoms with Gasteiger partial charge >= 0.3 is 0 Å². The normalized spacial score (nSPS) is 12.3. The van der Waals surface area contributed by atoms with E-state index in [-0.39, 0.29) is 18.2 Å². The first kappa shape index (κ1) is 13.5. The molecule has 1 amide bonds. The molecule has 0 saturated heterocycles. The van der Waals surface area contributed by atoms with Crippen molar-refractivity contribution in [2.24, 2.45) is 5.73 Å². The van der Waals surface area contributed by atoms with E-state index in [0.717, 1.165) is 0 Å². The summed E-state index contributed by atoms with van der Waals surface area (Å²) in [6.07, 6.45) is 0.592. The molecule has 1 aromatic carbocycles. The molecule has 1 aromatic rings. The van der Waals surface area contributed by atoms with Gasteiger partial charge in [0.25, 0.3) is 5.91 Å². The van der Waals surface area contributed by atoms with E-state index in [0.29, 0.717) is 18.6 Å².